The van der Waals surface area contributed by atoms with Gasteiger partial charge in [-0.1, -0.05) is 0 Å². The highest BCUT2D eigenvalue weighted by molar-refractivity contribution is 6.18. The number of benzene rings is 1. The van der Waals surface area contributed by atoms with Gasteiger partial charge in [-0.05, 0) is 24.3 Å². The molecule has 2 aromatic heterocycles. The van der Waals surface area contributed by atoms with Crippen molar-refractivity contribution in [2.45, 2.75) is 19.8 Å². The Morgan fingerprint density at radius 2 is 2.03 bits per heavy atom. The minimum absolute atomic E-state index is 0.00550. The number of carbonyl (C=O) groups is 2. The molecule has 3 rings (SSSR count). The molecule has 0 aliphatic heterocycles. The first kappa shape index (κ1) is 22.2. The summed E-state index contributed by atoms with van der Waals surface area (Å²) in [5, 5.41) is 2.41. The van der Waals surface area contributed by atoms with Gasteiger partial charge in [-0.25, -0.2) is 9.78 Å². The van der Waals surface area contributed by atoms with Crippen LogP contribution in [0.2, 0.25) is 0 Å². The number of alkyl halides is 1. The van der Waals surface area contributed by atoms with Crippen molar-refractivity contribution in [3.8, 4) is 5.75 Å². The lowest BCUT2D eigenvalue weighted by atomic mass is 10.2. The molecule has 0 aliphatic rings. The van der Waals surface area contributed by atoms with Crippen LogP contribution in [0.1, 0.15) is 17.3 Å². The molecule has 0 bridgehead atoms. The van der Waals surface area contributed by atoms with E-state index in [0.29, 0.717) is 11.3 Å². The summed E-state index contributed by atoms with van der Waals surface area (Å²) >= 11 is 5.93. The summed E-state index contributed by atoms with van der Waals surface area (Å²) < 4.78 is 17.5. The maximum Gasteiger partial charge on any atom is 0.338 e. The predicted octanol–water partition coefficient (Wildman–Crippen LogP) is 1.53. The maximum absolute atomic E-state index is 12.2. The Kier molecular flexibility index (Phi) is 7.21. The number of methoxy groups -OCH3 is 1. The molecule has 1 aromatic carbocycles. The van der Waals surface area contributed by atoms with E-state index in [2.05, 4.69) is 20.3 Å². The summed E-state index contributed by atoms with van der Waals surface area (Å²) in [4.78, 5) is 46.1. The molecule has 1 atom stereocenters. The van der Waals surface area contributed by atoms with Gasteiger partial charge in [0.2, 0.25) is 11.9 Å². The van der Waals surface area contributed by atoms with Crippen molar-refractivity contribution >= 4 is 40.6 Å². The zero-order chi connectivity index (χ0) is 22.4. The molecule has 1 amide bonds. The number of rotatable bonds is 9. The van der Waals surface area contributed by atoms with Gasteiger partial charge in [0.15, 0.2) is 11.2 Å². The molecule has 12 heteroatoms. The largest absolute Gasteiger partial charge is 0.497 e. The molecule has 0 spiro atoms. The standard InChI is InChI=1S/C19H20ClN5O6/c1-11(26)22-19-23-16-15(17(27)24-19)21-9-25(16)10-31-14(7-20)8-30-18(28)12-3-5-13(29-2)6-4-12/h3-6,9,14H,7-8,10H2,1-2H3,(H2,22,23,24,26,27). The summed E-state index contributed by atoms with van der Waals surface area (Å²) in [6.07, 6.45) is 0.761. The zero-order valence-corrected chi connectivity index (χ0v) is 17.5. The van der Waals surface area contributed by atoms with Crippen molar-refractivity contribution in [2.75, 3.05) is 24.9 Å². The van der Waals surface area contributed by atoms with E-state index in [1.807, 2.05) is 0 Å². The SMILES string of the molecule is COc1ccc(C(=O)OCC(CCl)OCn2cnc3c(=O)[nH]c(NC(C)=O)nc32)cc1. The third-order valence-electron chi connectivity index (χ3n) is 4.12. The van der Waals surface area contributed by atoms with Gasteiger partial charge in [0.05, 0.1) is 24.9 Å². The minimum atomic E-state index is -0.613. The van der Waals surface area contributed by atoms with E-state index in [9.17, 15) is 14.4 Å². The Labute approximate surface area is 181 Å². The second-order valence-electron chi connectivity index (χ2n) is 6.38. The maximum atomic E-state index is 12.2. The lowest BCUT2D eigenvalue weighted by molar-refractivity contribution is -0.114. The van der Waals surface area contributed by atoms with Gasteiger partial charge in [0.25, 0.3) is 5.56 Å². The first-order chi connectivity index (χ1) is 14.9. The summed E-state index contributed by atoms with van der Waals surface area (Å²) in [7, 11) is 1.53. The van der Waals surface area contributed by atoms with Gasteiger partial charge in [0, 0.05) is 6.92 Å². The molecule has 0 saturated heterocycles. The fourth-order valence-corrected chi connectivity index (χ4v) is 2.75. The number of carbonyl (C=O) groups excluding carboxylic acids is 2. The van der Waals surface area contributed by atoms with Crippen molar-refractivity contribution in [1.29, 1.82) is 0 Å². The third kappa shape index (κ3) is 5.58. The molecule has 0 fully saturated rings. The van der Waals surface area contributed by atoms with Crippen LogP contribution in [0.15, 0.2) is 35.4 Å². The van der Waals surface area contributed by atoms with E-state index in [4.69, 9.17) is 25.8 Å². The van der Waals surface area contributed by atoms with Gasteiger partial charge in [0.1, 0.15) is 25.2 Å². The second-order valence-corrected chi connectivity index (χ2v) is 6.69. The minimum Gasteiger partial charge on any atom is -0.497 e. The average Bonchev–Trinajstić information content (AvgIpc) is 3.16. The number of imidazole rings is 1. The molecular formula is C19H20ClN5O6. The molecule has 0 radical (unpaired) electrons. The molecule has 2 heterocycles. The number of nitrogens with zero attached hydrogens (tertiary/aromatic N) is 3. The summed E-state index contributed by atoms with van der Waals surface area (Å²) in [5.74, 6) is -0.226. The zero-order valence-electron chi connectivity index (χ0n) is 16.8. The highest BCUT2D eigenvalue weighted by atomic mass is 35.5. The quantitative estimate of drug-likeness (QED) is 0.370. The van der Waals surface area contributed by atoms with Crippen LogP contribution in [-0.2, 0) is 21.0 Å². The van der Waals surface area contributed by atoms with Crippen LogP contribution in [0.4, 0.5) is 5.95 Å². The lowest BCUT2D eigenvalue weighted by Gasteiger charge is -2.16. The number of amides is 1. The number of aromatic amines is 1. The number of nitrogens with one attached hydrogen (secondary N) is 2. The Bertz CT molecular complexity index is 1130. The summed E-state index contributed by atoms with van der Waals surface area (Å²) in [6, 6.07) is 6.48. The van der Waals surface area contributed by atoms with Crippen molar-refractivity contribution in [3.63, 3.8) is 0 Å². The van der Waals surface area contributed by atoms with Crippen LogP contribution < -0.4 is 15.6 Å². The van der Waals surface area contributed by atoms with E-state index in [1.165, 1.54) is 24.9 Å². The van der Waals surface area contributed by atoms with Gasteiger partial charge >= 0.3 is 5.97 Å². The molecule has 3 aromatic rings. The number of aromatic nitrogens is 4. The molecule has 1 unspecified atom stereocenters. The van der Waals surface area contributed by atoms with Crippen LogP contribution in [0.25, 0.3) is 11.2 Å². The van der Waals surface area contributed by atoms with Crippen molar-refractivity contribution in [2.24, 2.45) is 0 Å². The van der Waals surface area contributed by atoms with Crippen LogP contribution in [0.5, 0.6) is 5.75 Å². The molecule has 0 aliphatic carbocycles. The Hall–Kier alpha value is -3.44. The molecule has 11 nitrogen and oxygen atoms in total. The second kappa shape index (κ2) is 10.0. The van der Waals surface area contributed by atoms with Crippen LogP contribution in [-0.4, -0.2) is 57.1 Å². The van der Waals surface area contributed by atoms with Gasteiger partial charge in [-0.3, -0.25) is 24.5 Å². The average molecular weight is 450 g/mol. The number of fused-ring (bicyclic) bond motifs is 1. The highest BCUT2D eigenvalue weighted by Crippen LogP contribution is 2.13. The smallest absolute Gasteiger partial charge is 0.338 e. The first-order valence-electron chi connectivity index (χ1n) is 9.12. The number of H-pyrrole nitrogens is 1. The number of halogens is 1. The molecule has 2 N–H and O–H groups in total. The fraction of sp³-hybridized carbons (Fsp3) is 0.316. The molecule has 31 heavy (non-hydrogen) atoms. The van der Waals surface area contributed by atoms with E-state index < -0.39 is 17.6 Å². The monoisotopic (exact) mass is 449 g/mol. The lowest BCUT2D eigenvalue weighted by Crippen LogP contribution is -2.25. The van der Waals surface area contributed by atoms with E-state index in [-0.39, 0.29) is 42.2 Å². The van der Waals surface area contributed by atoms with Crippen LogP contribution in [0, 0.1) is 0 Å². The number of hydrogen-bond acceptors (Lipinski definition) is 8. The normalized spacial score (nSPS) is 11.8. The molecule has 164 valence electrons. The first-order valence-corrected chi connectivity index (χ1v) is 9.66. The Morgan fingerprint density at radius 1 is 1.29 bits per heavy atom. The van der Waals surface area contributed by atoms with E-state index >= 15 is 0 Å². The number of esters is 1. The van der Waals surface area contributed by atoms with E-state index in [1.54, 1.807) is 24.3 Å². The van der Waals surface area contributed by atoms with Gasteiger partial charge in [-0.2, -0.15) is 4.98 Å². The number of ether oxygens (including phenoxy) is 3. The van der Waals surface area contributed by atoms with Gasteiger partial charge in [-0.15, -0.1) is 11.6 Å². The summed E-state index contributed by atoms with van der Waals surface area (Å²) in [5.41, 5.74) is 0.167. The topological polar surface area (TPSA) is 137 Å². The van der Waals surface area contributed by atoms with Gasteiger partial charge < -0.3 is 14.2 Å². The fourth-order valence-electron chi connectivity index (χ4n) is 2.58. The number of anilines is 1. The third-order valence-corrected chi connectivity index (χ3v) is 4.46. The van der Waals surface area contributed by atoms with Crippen LogP contribution in [0.3, 0.4) is 0 Å². The molecular weight excluding hydrogens is 430 g/mol. The Balaban J connectivity index is 1.62. The van der Waals surface area contributed by atoms with Crippen molar-refractivity contribution in [3.05, 3.63) is 46.5 Å². The van der Waals surface area contributed by atoms with E-state index in [0.717, 1.165) is 0 Å². The number of hydrogen-bond donors (Lipinski definition) is 2. The molecule has 0 saturated carbocycles. The summed E-state index contributed by atoms with van der Waals surface area (Å²) in [6.45, 7) is 1.17. The van der Waals surface area contributed by atoms with Crippen molar-refractivity contribution < 1.29 is 23.8 Å². The highest BCUT2D eigenvalue weighted by Gasteiger charge is 2.16. The predicted molar refractivity (Wildman–Crippen MR) is 111 cm³/mol. The van der Waals surface area contributed by atoms with Crippen LogP contribution >= 0.6 is 11.6 Å². The Morgan fingerprint density at radius 3 is 2.68 bits per heavy atom. The van der Waals surface area contributed by atoms with Crippen molar-refractivity contribution in [1.82, 2.24) is 19.5 Å².